The molecule has 2 heteroatoms. The van der Waals surface area contributed by atoms with Crippen molar-refractivity contribution < 1.29 is 11.0 Å². The number of allylic oxidation sites excluding steroid dienone is 1. The molecule has 2 nitrogen and oxygen atoms in total. The SMILES string of the molecule is C=C.C=CC.O.O. The van der Waals surface area contributed by atoms with Crippen LogP contribution < -0.4 is 0 Å². The summed E-state index contributed by atoms with van der Waals surface area (Å²) in [5.41, 5.74) is 0. The molecule has 0 aromatic heterocycles. The Hall–Kier alpha value is -0.600. The van der Waals surface area contributed by atoms with E-state index in [1.165, 1.54) is 0 Å². The fourth-order valence-corrected chi connectivity index (χ4v) is 0. The molecule has 0 heterocycles. The lowest BCUT2D eigenvalue weighted by Crippen LogP contribution is -1.07. The second-order valence-corrected chi connectivity index (χ2v) is 0.408. The van der Waals surface area contributed by atoms with E-state index >= 15 is 0 Å². The first-order valence-electron chi connectivity index (χ1n) is 1.49. The monoisotopic (exact) mass is 106 g/mol. The van der Waals surface area contributed by atoms with Gasteiger partial charge >= 0.3 is 0 Å². The van der Waals surface area contributed by atoms with Gasteiger partial charge in [0, 0.05) is 0 Å². The summed E-state index contributed by atoms with van der Waals surface area (Å²) < 4.78 is 0. The van der Waals surface area contributed by atoms with Crippen LogP contribution >= 0.6 is 0 Å². The first kappa shape index (κ1) is 32.4. The number of hydrogen-bond donors (Lipinski definition) is 0. The van der Waals surface area contributed by atoms with Gasteiger partial charge in [0.2, 0.25) is 0 Å². The lowest BCUT2D eigenvalue weighted by molar-refractivity contribution is 0.823. The maximum Gasteiger partial charge on any atom is -0.0473 e. The van der Waals surface area contributed by atoms with Gasteiger partial charge in [-0.15, -0.1) is 19.7 Å². The fourth-order valence-electron chi connectivity index (χ4n) is 0. The molecule has 46 valence electrons. The maximum atomic E-state index is 3.36. The molecule has 0 aliphatic heterocycles. The molecule has 4 N–H and O–H groups in total. The van der Waals surface area contributed by atoms with Crippen LogP contribution in [-0.4, -0.2) is 11.0 Å². The molecular weight excluding hydrogens is 92.1 g/mol. The molecule has 0 fully saturated rings. The molecule has 0 unspecified atom stereocenters. The second-order valence-electron chi connectivity index (χ2n) is 0.408. The van der Waals surface area contributed by atoms with E-state index in [1.807, 2.05) is 6.92 Å². The topological polar surface area (TPSA) is 63.0 Å². The van der Waals surface area contributed by atoms with Crippen molar-refractivity contribution >= 4 is 0 Å². The summed E-state index contributed by atoms with van der Waals surface area (Å²) >= 11 is 0. The van der Waals surface area contributed by atoms with Crippen LogP contribution in [0, 0.1) is 0 Å². The van der Waals surface area contributed by atoms with Crippen molar-refractivity contribution in [3.63, 3.8) is 0 Å². The summed E-state index contributed by atoms with van der Waals surface area (Å²) in [6.07, 6.45) is 1.75. The largest absolute Gasteiger partial charge is 0.412 e. The summed E-state index contributed by atoms with van der Waals surface area (Å²) in [5, 5.41) is 0. The third kappa shape index (κ3) is 173. The summed E-state index contributed by atoms with van der Waals surface area (Å²) in [6, 6.07) is 0. The molecule has 0 saturated heterocycles. The van der Waals surface area contributed by atoms with E-state index in [2.05, 4.69) is 19.7 Å². The average Bonchev–Trinajstić information content (AvgIpc) is 1.46. The Morgan fingerprint density at radius 1 is 1.14 bits per heavy atom. The van der Waals surface area contributed by atoms with E-state index in [0.29, 0.717) is 0 Å². The van der Waals surface area contributed by atoms with E-state index in [4.69, 9.17) is 0 Å². The first-order chi connectivity index (χ1) is 2.41. The molecule has 0 saturated carbocycles. The molecule has 0 rings (SSSR count). The Kier molecular flexibility index (Phi) is 3020. The summed E-state index contributed by atoms with van der Waals surface area (Å²) in [7, 11) is 0. The Balaban J connectivity index is -0.0000000105. The zero-order valence-corrected chi connectivity index (χ0v) is 4.70. The van der Waals surface area contributed by atoms with Crippen LogP contribution in [0.15, 0.2) is 25.8 Å². The molecule has 0 atom stereocenters. The molecule has 7 heavy (non-hydrogen) atoms. The standard InChI is InChI=1S/C3H6.C2H4.2H2O/c1-3-2;1-2;;/h3H,1H2,2H3;1-2H2;2*1H2. The molecule has 0 spiro atoms. The van der Waals surface area contributed by atoms with Crippen molar-refractivity contribution in [2.75, 3.05) is 0 Å². The van der Waals surface area contributed by atoms with E-state index < -0.39 is 0 Å². The van der Waals surface area contributed by atoms with Gasteiger partial charge in [0.25, 0.3) is 0 Å². The van der Waals surface area contributed by atoms with Gasteiger partial charge in [-0.3, -0.25) is 0 Å². The Morgan fingerprint density at radius 2 is 1.14 bits per heavy atom. The van der Waals surface area contributed by atoms with Crippen molar-refractivity contribution in [2.45, 2.75) is 6.92 Å². The Labute approximate surface area is 44.8 Å². The van der Waals surface area contributed by atoms with Crippen molar-refractivity contribution in [3.8, 4) is 0 Å². The zero-order valence-electron chi connectivity index (χ0n) is 4.70. The third-order valence-corrected chi connectivity index (χ3v) is 0. The van der Waals surface area contributed by atoms with Crippen molar-refractivity contribution in [1.82, 2.24) is 0 Å². The minimum atomic E-state index is 0. The molecule has 0 aromatic rings. The Morgan fingerprint density at radius 3 is 1.14 bits per heavy atom. The van der Waals surface area contributed by atoms with Crippen LogP contribution in [0.4, 0.5) is 0 Å². The van der Waals surface area contributed by atoms with Gasteiger partial charge in [0.15, 0.2) is 0 Å². The lowest BCUT2D eigenvalue weighted by Gasteiger charge is -1.31. The normalized spacial score (nSPS) is 2.43. The van der Waals surface area contributed by atoms with Gasteiger partial charge in [-0.25, -0.2) is 0 Å². The fraction of sp³-hybridized carbons (Fsp3) is 0.200. The molecule has 0 amide bonds. The maximum absolute atomic E-state index is 3.36. The Bertz CT molecular complexity index is 20.0. The van der Waals surface area contributed by atoms with Crippen molar-refractivity contribution in [3.05, 3.63) is 25.8 Å². The van der Waals surface area contributed by atoms with Crippen LogP contribution in [-0.2, 0) is 0 Å². The first-order valence-corrected chi connectivity index (χ1v) is 1.49. The lowest BCUT2D eigenvalue weighted by atomic mass is 10.8. The molecular formula is C5H14O2. The van der Waals surface area contributed by atoms with Crippen LogP contribution in [0.25, 0.3) is 0 Å². The molecule has 0 radical (unpaired) electrons. The molecule has 0 aliphatic carbocycles. The van der Waals surface area contributed by atoms with Crippen LogP contribution in [0.2, 0.25) is 0 Å². The second kappa shape index (κ2) is 653. The van der Waals surface area contributed by atoms with Crippen LogP contribution in [0.5, 0.6) is 0 Å². The van der Waals surface area contributed by atoms with Gasteiger partial charge in [0.05, 0.1) is 0 Å². The smallest absolute Gasteiger partial charge is 0.0473 e. The highest BCUT2D eigenvalue weighted by Crippen LogP contribution is 1.38. The van der Waals surface area contributed by atoms with Crippen LogP contribution in [0.3, 0.4) is 0 Å². The quantitative estimate of drug-likeness (QED) is 0.400. The average molecular weight is 106 g/mol. The van der Waals surface area contributed by atoms with Gasteiger partial charge < -0.3 is 11.0 Å². The summed E-state index contributed by atoms with van der Waals surface area (Å²) in [6.45, 7) is 11.2. The van der Waals surface area contributed by atoms with Gasteiger partial charge in [-0.1, -0.05) is 6.08 Å². The van der Waals surface area contributed by atoms with Crippen molar-refractivity contribution in [2.24, 2.45) is 0 Å². The minimum Gasteiger partial charge on any atom is -0.412 e. The van der Waals surface area contributed by atoms with E-state index in [9.17, 15) is 0 Å². The highest BCUT2D eigenvalue weighted by molar-refractivity contribution is 4.51. The van der Waals surface area contributed by atoms with Gasteiger partial charge in [-0.2, -0.15) is 0 Å². The molecule has 0 aliphatic rings. The van der Waals surface area contributed by atoms with E-state index in [1.54, 1.807) is 6.08 Å². The highest BCUT2D eigenvalue weighted by Gasteiger charge is 1.15. The minimum absolute atomic E-state index is 0. The third-order valence-electron chi connectivity index (χ3n) is 0. The molecule has 0 bridgehead atoms. The van der Waals surface area contributed by atoms with Gasteiger partial charge in [-0.05, 0) is 6.92 Å². The predicted octanol–water partition coefficient (Wildman–Crippen LogP) is 0.345. The van der Waals surface area contributed by atoms with E-state index in [0.717, 1.165) is 0 Å². The summed E-state index contributed by atoms with van der Waals surface area (Å²) in [4.78, 5) is 0. The van der Waals surface area contributed by atoms with Gasteiger partial charge in [0.1, 0.15) is 0 Å². The van der Waals surface area contributed by atoms with Crippen molar-refractivity contribution in [1.29, 1.82) is 0 Å². The highest BCUT2D eigenvalue weighted by atomic mass is 16.0. The predicted molar refractivity (Wildman–Crippen MR) is 34.4 cm³/mol. The van der Waals surface area contributed by atoms with Crippen LogP contribution in [0.1, 0.15) is 6.92 Å². The van der Waals surface area contributed by atoms with E-state index in [-0.39, 0.29) is 11.0 Å². The number of hydrogen-bond acceptors (Lipinski definition) is 0. The number of rotatable bonds is 0. The zero-order chi connectivity index (χ0) is 4.71. The summed E-state index contributed by atoms with van der Waals surface area (Å²) in [5.74, 6) is 0. The molecule has 0 aromatic carbocycles.